The topological polar surface area (TPSA) is 271 Å². The zero-order valence-corrected chi connectivity index (χ0v) is 27.5. The summed E-state index contributed by atoms with van der Waals surface area (Å²) < 4.78 is 105. The fourth-order valence-corrected chi connectivity index (χ4v) is 7.82. The van der Waals surface area contributed by atoms with E-state index < -0.39 is 102 Å². The van der Waals surface area contributed by atoms with Crippen molar-refractivity contribution in [1.82, 2.24) is 4.98 Å². The Morgan fingerprint density at radius 1 is 0.660 bits per heavy atom. The lowest BCUT2D eigenvalue weighted by Crippen LogP contribution is -2.25. The van der Waals surface area contributed by atoms with Crippen LogP contribution in [0.1, 0.15) is 38.8 Å². The molecule has 256 valence electrons. The maximum atomic E-state index is 14.2. The van der Waals surface area contributed by atoms with Crippen LogP contribution in [-0.4, -0.2) is 61.4 Å². The number of amides is 1. The van der Waals surface area contributed by atoms with Gasteiger partial charge in [-0.3, -0.25) is 32.8 Å². The lowest BCUT2D eigenvalue weighted by Gasteiger charge is -2.25. The molecule has 5 aromatic rings. The molecule has 50 heavy (non-hydrogen) atoms. The van der Waals surface area contributed by atoms with Crippen LogP contribution in [0.2, 0.25) is 0 Å². The quantitative estimate of drug-likeness (QED) is 0.0965. The van der Waals surface area contributed by atoms with E-state index in [-0.39, 0.29) is 27.6 Å². The summed E-state index contributed by atoms with van der Waals surface area (Å²) in [6, 6.07) is 14.9. The van der Waals surface area contributed by atoms with Gasteiger partial charge < -0.3 is 15.6 Å². The van der Waals surface area contributed by atoms with Crippen LogP contribution < -0.4 is 16.2 Å². The summed E-state index contributed by atoms with van der Waals surface area (Å²) in [4.78, 5) is 52.6. The molecule has 16 nitrogen and oxygen atoms in total. The third-order valence-electron chi connectivity index (χ3n) is 7.68. The Kier molecular flexibility index (Phi) is 8.09. The Bertz CT molecular complexity index is 2760. The first kappa shape index (κ1) is 34.3. The molecule has 1 aromatic heterocycles. The number of benzene rings is 4. The van der Waals surface area contributed by atoms with E-state index in [1.807, 2.05) is 0 Å². The number of carbonyl (C=O) groups is 3. The molecule has 1 aliphatic rings. The molecule has 0 saturated carbocycles. The van der Waals surface area contributed by atoms with Crippen molar-refractivity contribution in [3.63, 3.8) is 0 Å². The molecule has 0 aliphatic heterocycles. The highest BCUT2D eigenvalue weighted by atomic mass is 32.2. The number of aromatic amines is 1. The van der Waals surface area contributed by atoms with Gasteiger partial charge in [-0.25, -0.2) is 0 Å². The van der Waals surface area contributed by atoms with Gasteiger partial charge in [-0.2, -0.15) is 25.3 Å². The number of nitrogens with one attached hydrogen (secondary N) is 3. The number of carbonyl (C=O) groups excluding carboxylic acids is 3. The molecule has 6 rings (SSSR count). The van der Waals surface area contributed by atoms with Crippen LogP contribution in [0.5, 0.6) is 0 Å². The first-order chi connectivity index (χ1) is 23.3. The van der Waals surface area contributed by atoms with E-state index in [9.17, 15) is 58.1 Å². The normalized spacial score (nSPS) is 12.8. The molecule has 4 aromatic carbocycles. The second-order valence-corrected chi connectivity index (χ2v) is 15.1. The molecule has 0 bridgehead atoms. The Morgan fingerprint density at radius 3 is 1.80 bits per heavy atom. The minimum absolute atomic E-state index is 0.0443. The van der Waals surface area contributed by atoms with Crippen LogP contribution >= 0.6 is 0 Å². The average molecular weight is 740 g/mol. The van der Waals surface area contributed by atoms with Gasteiger partial charge in [0.2, 0.25) is 5.91 Å². The van der Waals surface area contributed by atoms with E-state index in [1.165, 1.54) is 48.5 Å². The molecular weight excluding hydrogens is 719 g/mol. The summed E-state index contributed by atoms with van der Waals surface area (Å²) in [5.41, 5.74) is -4.82. The van der Waals surface area contributed by atoms with Gasteiger partial charge >= 0.3 is 0 Å². The second kappa shape index (κ2) is 11.8. The largest absolute Gasteiger partial charge is 0.354 e. The van der Waals surface area contributed by atoms with Crippen molar-refractivity contribution >= 4 is 75.8 Å². The smallest absolute Gasteiger partial charge is 0.296 e. The predicted molar refractivity (Wildman–Crippen MR) is 177 cm³/mol. The van der Waals surface area contributed by atoms with Crippen molar-refractivity contribution in [2.45, 2.75) is 21.6 Å². The van der Waals surface area contributed by atoms with Crippen LogP contribution in [0.4, 0.5) is 17.1 Å². The van der Waals surface area contributed by atoms with E-state index >= 15 is 0 Å². The standard InChI is InChI=1S/C31H21N3O13S3/c1-14(35)32-18-11-19(22(49(42,43)44)13-21(18)48(39,40)41)33-20-12-23(50(45,46)47)28-26-24(16-9-5-6-10-17(16)30(37)25(20)26)27(31(38)34-28)29(36)15-7-3-2-4-8-15/h2-13,33H,1H3,(H,32,35)(H,34,38)(H,39,40,41)(H,42,43,44)(H,45,46,47). The molecule has 19 heteroatoms. The summed E-state index contributed by atoms with van der Waals surface area (Å²) in [6.07, 6.45) is 0. The van der Waals surface area contributed by atoms with Crippen molar-refractivity contribution in [3.8, 4) is 11.1 Å². The van der Waals surface area contributed by atoms with Gasteiger partial charge in [-0.05, 0) is 23.8 Å². The third kappa shape index (κ3) is 5.87. The summed E-state index contributed by atoms with van der Waals surface area (Å²) in [7, 11) is -15.9. The van der Waals surface area contributed by atoms with E-state index in [0.29, 0.717) is 18.2 Å². The molecule has 1 aliphatic carbocycles. The van der Waals surface area contributed by atoms with Crippen LogP contribution in [0.15, 0.2) is 92.3 Å². The Labute approximate surface area is 282 Å². The lowest BCUT2D eigenvalue weighted by atomic mass is 9.80. The fraction of sp³-hybridized carbons (Fsp3) is 0.0323. The second-order valence-electron chi connectivity index (χ2n) is 10.9. The monoisotopic (exact) mass is 739 g/mol. The molecule has 1 heterocycles. The van der Waals surface area contributed by atoms with Crippen molar-refractivity contribution in [2.24, 2.45) is 0 Å². The highest BCUT2D eigenvalue weighted by molar-refractivity contribution is 7.87. The molecule has 0 atom stereocenters. The van der Waals surface area contributed by atoms with Crippen molar-refractivity contribution in [2.75, 3.05) is 10.6 Å². The minimum atomic E-state index is -5.39. The van der Waals surface area contributed by atoms with Gasteiger partial charge in [0.05, 0.1) is 33.7 Å². The molecule has 0 saturated heterocycles. The van der Waals surface area contributed by atoms with Crippen molar-refractivity contribution in [1.29, 1.82) is 0 Å². The van der Waals surface area contributed by atoms with Gasteiger partial charge in [-0.1, -0.05) is 54.6 Å². The van der Waals surface area contributed by atoms with Gasteiger partial charge in [0.25, 0.3) is 35.9 Å². The molecule has 6 N–H and O–H groups in total. The minimum Gasteiger partial charge on any atom is -0.354 e. The lowest BCUT2D eigenvalue weighted by molar-refractivity contribution is -0.114. The number of anilines is 3. The van der Waals surface area contributed by atoms with E-state index in [2.05, 4.69) is 15.6 Å². The van der Waals surface area contributed by atoms with Crippen LogP contribution in [-0.2, 0) is 35.1 Å². The maximum Gasteiger partial charge on any atom is 0.296 e. The number of pyridine rings is 1. The van der Waals surface area contributed by atoms with Gasteiger partial charge in [0, 0.05) is 29.0 Å². The summed E-state index contributed by atoms with van der Waals surface area (Å²) in [6.45, 7) is 0.954. The third-order valence-corrected chi connectivity index (χ3v) is 10.3. The highest BCUT2D eigenvalue weighted by Crippen LogP contribution is 2.46. The first-order valence-electron chi connectivity index (χ1n) is 13.9. The van der Waals surface area contributed by atoms with E-state index in [1.54, 1.807) is 6.07 Å². The van der Waals surface area contributed by atoms with Crippen LogP contribution in [0, 0.1) is 0 Å². The number of hydrogen-bond acceptors (Lipinski definition) is 11. The molecule has 0 spiro atoms. The molecule has 0 fully saturated rings. The fourth-order valence-electron chi connectivity index (χ4n) is 5.76. The Balaban J connectivity index is 1.78. The van der Waals surface area contributed by atoms with Crippen LogP contribution in [0.25, 0.3) is 22.0 Å². The number of aromatic nitrogens is 1. The zero-order chi connectivity index (χ0) is 36.5. The number of fused-ring (bicyclic) bond motifs is 2. The number of H-pyrrole nitrogens is 1. The molecule has 0 unspecified atom stereocenters. The zero-order valence-electron chi connectivity index (χ0n) is 25.1. The molecular formula is C31H21N3O13S3. The van der Waals surface area contributed by atoms with Crippen LogP contribution in [0.3, 0.4) is 0 Å². The SMILES string of the molecule is CC(=O)Nc1cc(Nc2cc(S(=O)(=O)O)c3[nH]c(=O)c(C(=O)c4ccccc4)c4c3c2C(=O)c2ccccc2-4)c(S(=O)(=O)O)cc1S(=O)(=O)O. The summed E-state index contributed by atoms with van der Waals surface area (Å²) in [5, 5.41) is 4.21. The number of hydrogen-bond donors (Lipinski definition) is 6. The van der Waals surface area contributed by atoms with E-state index in [0.717, 1.165) is 6.92 Å². The summed E-state index contributed by atoms with van der Waals surface area (Å²) in [5.74, 6) is -2.54. The average Bonchev–Trinajstić information content (AvgIpc) is 3.01. The number of ketones is 2. The van der Waals surface area contributed by atoms with Gasteiger partial charge in [0.1, 0.15) is 14.7 Å². The Hall–Kier alpha value is -5.57. The molecule has 0 radical (unpaired) electrons. The van der Waals surface area contributed by atoms with Gasteiger partial charge in [-0.15, -0.1) is 0 Å². The highest BCUT2D eigenvalue weighted by Gasteiger charge is 2.36. The van der Waals surface area contributed by atoms with Gasteiger partial charge in [0.15, 0.2) is 11.6 Å². The Morgan fingerprint density at radius 2 is 1.22 bits per heavy atom. The van der Waals surface area contributed by atoms with E-state index in [4.69, 9.17) is 0 Å². The predicted octanol–water partition coefficient (Wildman–Crippen LogP) is 3.41. The van der Waals surface area contributed by atoms with Crippen molar-refractivity contribution in [3.05, 3.63) is 105 Å². The summed E-state index contributed by atoms with van der Waals surface area (Å²) >= 11 is 0. The number of rotatable bonds is 8. The molecule has 1 amide bonds. The maximum absolute atomic E-state index is 14.2. The van der Waals surface area contributed by atoms with Crippen molar-refractivity contribution < 1.29 is 53.3 Å². The first-order valence-corrected chi connectivity index (χ1v) is 18.3.